The zero-order chi connectivity index (χ0) is 18.3. The minimum absolute atomic E-state index is 0.386. The van der Waals surface area contributed by atoms with Gasteiger partial charge in [-0.2, -0.15) is 0 Å². The molecule has 4 rings (SSSR count). The molecule has 0 aliphatic rings. The highest BCUT2D eigenvalue weighted by Crippen LogP contribution is 2.34. The van der Waals surface area contributed by atoms with Gasteiger partial charge in [-0.05, 0) is 36.8 Å². The third-order valence-electron chi connectivity index (χ3n) is 3.95. The van der Waals surface area contributed by atoms with Crippen LogP contribution in [0.5, 0.6) is 0 Å². The molecular weight excluding hydrogens is 416 g/mol. The van der Waals surface area contributed by atoms with Crippen LogP contribution < -0.4 is 11.1 Å². The van der Waals surface area contributed by atoms with Crippen molar-refractivity contribution in [2.24, 2.45) is 0 Å². The highest BCUT2D eigenvalue weighted by atomic mass is 79.9. The number of nitrogens with one attached hydrogen (secondary N) is 1. The van der Waals surface area contributed by atoms with Gasteiger partial charge in [-0.3, -0.25) is 4.57 Å². The molecule has 130 valence electrons. The van der Waals surface area contributed by atoms with E-state index in [0.717, 1.165) is 26.8 Å². The van der Waals surface area contributed by atoms with E-state index >= 15 is 0 Å². The average Bonchev–Trinajstić information content (AvgIpc) is 2.96. The van der Waals surface area contributed by atoms with E-state index in [4.69, 9.17) is 22.3 Å². The molecule has 2 aromatic carbocycles. The Morgan fingerprint density at radius 3 is 2.73 bits per heavy atom. The summed E-state index contributed by atoms with van der Waals surface area (Å²) in [4.78, 5) is 13.0. The predicted molar refractivity (Wildman–Crippen MR) is 108 cm³/mol. The summed E-state index contributed by atoms with van der Waals surface area (Å²) in [6, 6.07) is 13.3. The zero-order valence-corrected chi connectivity index (χ0v) is 16.1. The summed E-state index contributed by atoms with van der Waals surface area (Å²) in [6.07, 6.45) is 1.43. The Bertz CT molecular complexity index is 1100. The second-order valence-electron chi connectivity index (χ2n) is 5.77. The zero-order valence-electron chi connectivity index (χ0n) is 13.7. The lowest BCUT2D eigenvalue weighted by Crippen LogP contribution is -2.06. The van der Waals surface area contributed by atoms with Gasteiger partial charge in [0.15, 0.2) is 0 Å². The number of nitrogen functional groups attached to an aromatic ring is 1. The topological polar surface area (TPSA) is 81.7 Å². The molecule has 0 amide bonds. The predicted octanol–water partition coefficient (Wildman–Crippen LogP) is 4.87. The number of halogens is 2. The van der Waals surface area contributed by atoms with E-state index in [1.165, 1.54) is 6.33 Å². The number of aryl methyl sites for hydroxylation is 1. The number of aromatic nitrogens is 4. The maximum absolute atomic E-state index is 6.43. The SMILES string of the molecule is Cc1cc(Br)cc(Cl)c1Nc1nc2ccccc2n1-c1cc(N)ncn1. The van der Waals surface area contributed by atoms with Crippen LogP contribution in [0.2, 0.25) is 5.02 Å². The first kappa shape index (κ1) is 16.8. The third kappa shape index (κ3) is 3.00. The van der Waals surface area contributed by atoms with Crippen LogP contribution in [-0.4, -0.2) is 19.5 Å². The van der Waals surface area contributed by atoms with Crippen LogP contribution in [0.3, 0.4) is 0 Å². The van der Waals surface area contributed by atoms with Gasteiger partial charge in [0.1, 0.15) is 18.0 Å². The van der Waals surface area contributed by atoms with Gasteiger partial charge in [0.25, 0.3) is 0 Å². The van der Waals surface area contributed by atoms with Crippen molar-refractivity contribution in [3.63, 3.8) is 0 Å². The molecule has 0 unspecified atom stereocenters. The van der Waals surface area contributed by atoms with Gasteiger partial charge < -0.3 is 11.1 Å². The van der Waals surface area contributed by atoms with Crippen molar-refractivity contribution in [2.75, 3.05) is 11.1 Å². The Labute approximate surface area is 163 Å². The Kier molecular flexibility index (Phi) is 4.26. The molecule has 0 saturated carbocycles. The number of rotatable bonds is 3. The lowest BCUT2D eigenvalue weighted by Gasteiger charge is -2.14. The fourth-order valence-electron chi connectivity index (χ4n) is 2.80. The summed E-state index contributed by atoms with van der Waals surface area (Å²) >= 11 is 9.89. The van der Waals surface area contributed by atoms with Gasteiger partial charge in [0.2, 0.25) is 5.95 Å². The average molecular weight is 430 g/mol. The standard InChI is InChI=1S/C18H14BrClN6/c1-10-6-11(19)7-12(20)17(10)25-18-24-13-4-2-3-5-14(13)26(18)16-8-15(21)22-9-23-16/h2-9H,1H3,(H,24,25)(H2,21,22,23). The lowest BCUT2D eigenvalue weighted by atomic mass is 10.2. The maximum Gasteiger partial charge on any atom is 0.214 e. The van der Waals surface area contributed by atoms with E-state index in [0.29, 0.717) is 22.6 Å². The third-order valence-corrected chi connectivity index (χ3v) is 4.71. The van der Waals surface area contributed by atoms with Crippen molar-refractivity contribution < 1.29 is 0 Å². The quantitative estimate of drug-likeness (QED) is 0.486. The molecule has 8 heteroatoms. The molecule has 0 aliphatic carbocycles. The van der Waals surface area contributed by atoms with Crippen molar-refractivity contribution in [2.45, 2.75) is 6.92 Å². The number of para-hydroxylation sites is 2. The second-order valence-corrected chi connectivity index (χ2v) is 7.09. The first-order valence-corrected chi connectivity index (χ1v) is 8.98. The minimum Gasteiger partial charge on any atom is -0.384 e. The largest absolute Gasteiger partial charge is 0.384 e. The summed E-state index contributed by atoms with van der Waals surface area (Å²) in [5, 5.41) is 3.94. The summed E-state index contributed by atoms with van der Waals surface area (Å²) < 4.78 is 2.81. The summed E-state index contributed by atoms with van der Waals surface area (Å²) in [7, 11) is 0. The van der Waals surface area contributed by atoms with Crippen LogP contribution in [0, 0.1) is 6.92 Å². The van der Waals surface area contributed by atoms with E-state index in [2.05, 4.69) is 31.2 Å². The summed E-state index contributed by atoms with van der Waals surface area (Å²) in [5.41, 5.74) is 9.35. The van der Waals surface area contributed by atoms with E-state index in [1.54, 1.807) is 6.07 Å². The monoisotopic (exact) mass is 428 g/mol. The highest BCUT2D eigenvalue weighted by molar-refractivity contribution is 9.10. The maximum atomic E-state index is 6.43. The fraction of sp³-hybridized carbons (Fsp3) is 0.0556. The number of nitrogens with two attached hydrogens (primary N) is 1. The van der Waals surface area contributed by atoms with Crippen LogP contribution in [-0.2, 0) is 0 Å². The lowest BCUT2D eigenvalue weighted by molar-refractivity contribution is 1.00. The number of hydrogen-bond acceptors (Lipinski definition) is 5. The number of anilines is 3. The molecule has 0 atom stereocenters. The van der Waals surface area contributed by atoms with Crippen molar-refractivity contribution in [3.05, 3.63) is 63.9 Å². The Balaban J connectivity index is 1.92. The molecule has 6 nitrogen and oxygen atoms in total. The molecule has 0 saturated heterocycles. The van der Waals surface area contributed by atoms with Gasteiger partial charge in [-0.1, -0.05) is 39.7 Å². The van der Waals surface area contributed by atoms with Crippen LogP contribution in [0.15, 0.2) is 53.3 Å². The number of fused-ring (bicyclic) bond motifs is 1. The first-order valence-electron chi connectivity index (χ1n) is 7.81. The van der Waals surface area contributed by atoms with Crippen LogP contribution in [0.25, 0.3) is 16.9 Å². The fourth-order valence-corrected chi connectivity index (χ4v) is 3.82. The van der Waals surface area contributed by atoms with Crippen molar-refractivity contribution in [1.82, 2.24) is 19.5 Å². The molecule has 0 fully saturated rings. The second kappa shape index (κ2) is 6.59. The number of benzene rings is 2. The van der Waals surface area contributed by atoms with Crippen LogP contribution in [0.4, 0.5) is 17.5 Å². The summed E-state index contributed by atoms with van der Waals surface area (Å²) in [5.74, 6) is 1.60. The minimum atomic E-state index is 0.386. The normalized spacial score (nSPS) is 11.0. The molecule has 26 heavy (non-hydrogen) atoms. The van der Waals surface area contributed by atoms with Gasteiger partial charge in [-0.15, -0.1) is 0 Å². The van der Waals surface area contributed by atoms with E-state index in [-0.39, 0.29) is 0 Å². The Hall–Kier alpha value is -2.64. The van der Waals surface area contributed by atoms with E-state index < -0.39 is 0 Å². The molecular formula is C18H14BrClN6. The molecule has 2 aromatic heterocycles. The van der Waals surface area contributed by atoms with Crippen LogP contribution in [0.1, 0.15) is 5.56 Å². The smallest absolute Gasteiger partial charge is 0.214 e. The van der Waals surface area contributed by atoms with E-state index in [9.17, 15) is 0 Å². The van der Waals surface area contributed by atoms with Gasteiger partial charge >= 0.3 is 0 Å². The number of nitrogens with zero attached hydrogens (tertiary/aromatic N) is 4. The van der Waals surface area contributed by atoms with Crippen molar-refractivity contribution in [1.29, 1.82) is 0 Å². The number of imidazole rings is 1. The highest BCUT2D eigenvalue weighted by Gasteiger charge is 2.16. The first-order chi connectivity index (χ1) is 12.5. The Morgan fingerprint density at radius 2 is 1.96 bits per heavy atom. The van der Waals surface area contributed by atoms with Gasteiger partial charge in [-0.25, -0.2) is 15.0 Å². The number of hydrogen-bond donors (Lipinski definition) is 2. The van der Waals surface area contributed by atoms with E-state index in [1.807, 2.05) is 47.9 Å². The molecule has 0 aliphatic heterocycles. The van der Waals surface area contributed by atoms with Crippen molar-refractivity contribution >= 4 is 56.0 Å². The molecule has 0 bridgehead atoms. The molecule has 2 heterocycles. The summed E-state index contributed by atoms with van der Waals surface area (Å²) in [6.45, 7) is 1.98. The van der Waals surface area contributed by atoms with Gasteiger partial charge in [0, 0.05) is 10.5 Å². The van der Waals surface area contributed by atoms with Gasteiger partial charge in [0.05, 0.1) is 21.7 Å². The molecule has 3 N–H and O–H groups in total. The van der Waals surface area contributed by atoms with Crippen LogP contribution >= 0.6 is 27.5 Å². The molecule has 0 spiro atoms. The Morgan fingerprint density at radius 1 is 1.15 bits per heavy atom. The van der Waals surface area contributed by atoms with Crippen molar-refractivity contribution in [3.8, 4) is 5.82 Å². The molecule has 0 radical (unpaired) electrons. The molecule has 4 aromatic rings.